The Morgan fingerprint density at radius 1 is 1.19 bits per heavy atom. The van der Waals surface area contributed by atoms with Gasteiger partial charge >= 0.3 is 0 Å². The quantitative estimate of drug-likeness (QED) is 0.620. The van der Waals surface area contributed by atoms with Gasteiger partial charge in [0.15, 0.2) is 0 Å². The van der Waals surface area contributed by atoms with Gasteiger partial charge in [-0.3, -0.25) is 0 Å². The van der Waals surface area contributed by atoms with E-state index in [0.29, 0.717) is 10.6 Å². The van der Waals surface area contributed by atoms with Crippen molar-refractivity contribution in [1.29, 1.82) is 0 Å². The maximum Gasteiger partial charge on any atom is 0.127 e. The van der Waals surface area contributed by atoms with Crippen molar-refractivity contribution in [2.75, 3.05) is 6.54 Å². The topological polar surface area (TPSA) is 12.0 Å². The van der Waals surface area contributed by atoms with Crippen molar-refractivity contribution in [2.45, 2.75) is 19.9 Å². The van der Waals surface area contributed by atoms with E-state index in [0.717, 1.165) is 26.6 Å². The van der Waals surface area contributed by atoms with E-state index in [9.17, 15) is 4.39 Å². The lowest BCUT2D eigenvalue weighted by atomic mass is 9.97. The van der Waals surface area contributed by atoms with Gasteiger partial charge in [0.25, 0.3) is 0 Å². The van der Waals surface area contributed by atoms with Gasteiger partial charge in [0.05, 0.1) is 6.04 Å². The molecule has 2 aromatic carbocycles. The van der Waals surface area contributed by atoms with Crippen molar-refractivity contribution in [3.63, 3.8) is 0 Å². The minimum atomic E-state index is -0.283. The summed E-state index contributed by atoms with van der Waals surface area (Å²) >= 11 is 13.3. The predicted molar refractivity (Wildman–Crippen MR) is 93.5 cm³/mol. The molecule has 0 spiro atoms. The molecule has 2 rings (SSSR count). The van der Waals surface area contributed by atoms with Crippen LogP contribution in [0.15, 0.2) is 39.3 Å². The molecule has 0 radical (unpaired) electrons. The van der Waals surface area contributed by atoms with Gasteiger partial charge in [-0.05, 0) is 54.4 Å². The molecular formula is C16H15Br2ClFN. The summed E-state index contributed by atoms with van der Waals surface area (Å²) in [5.41, 5.74) is 2.53. The molecule has 1 atom stereocenters. The molecule has 21 heavy (non-hydrogen) atoms. The number of benzene rings is 2. The normalized spacial score (nSPS) is 12.5. The van der Waals surface area contributed by atoms with E-state index in [2.05, 4.69) is 37.2 Å². The number of hydrogen-bond acceptors (Lipinski definition) is 1. The van der Waals surface area contributed by atoms with Crippen LogP contribution in [-0.4, -0.2) is 6.54 Å². The zero-order valence-electron chi connectivity index (χ0n) is 11.7. The molecule has 1 unspecified atom stereocenters. The average Bonchev–Trinajstić information content (AvgIpc) is 2.41. The summed E-state index contributed by atoms with van der Waals surface area (Å²) in [5.74, 6) is -0.283. The van der Waals surface area contributed by atoms with Gasteiger partial charge in [-0.1, -0.05) is 56.5 Å². The van der Waals surface area contributed by atoms with Crippen LogP contribution < -0.4 is 5.32 Å². The first-order chi connectivity index (χ1) is 9.93. The lowest BCUT2D eigenvalue weighted by molar-refractivity contribution is 0.606. The summed E-state index contributed by atoms with van der Waals surface area (Å²) in [7, 11) is 0. The van der Waals surface area contributed by atoms with E-state index in [1.54, 1.807) is 13.0 Å². The third-order valence-corrected chi connectivity index (χ3v) is 4.78. The van der Waals surface area contributed by atoms with E-state index in [-0.39, 0.29) is 11.9 Å². The second kappa shape index (κ2) is 7.23. The van der Waals surface area contributed by atoms with Crippen LogP contribution in [0.25, 0.3) is 0 Å². The molecule has 1 nitrogen and oxygen atoms in total. The molecule has 0 bridgehead atoms. The first kappa shape index (κ1) is 16.9. The fourth-order valence-electron chi connectivity index (χ4n) is 2.23. The van der Waals surface area contributed by atoms with Gasteiger partial charge in [0.1, 0.15) is 5.82 Å². The molecule has 0 saturated carbocycles. The van der Waals surface area contributed by atoms with Crippen LogP contribution >= 0.6 is 43.5 Å². The largest absolute Gasteiger partial charge is 0.306 e. The number of aryl methyl sites for hydroxylation is 1. The Labute approximate surface area is 146 Å². The third-order valence-electron chi connectivity index (χ3n) is 3.27. The molecule has 0 aliphatic rings. The Balaban J connectivity index is 2.55. The van der Waals surface area contributed by atoms with Crippen molar-refractivity contribution < 1.29 is 4.39 Å². The molecular weight excluding hydrogens is 420 g/mol. The van der Waals surface area contributed by atoms with Crippen molar-refractivity contribution >= 4 is 43.5 Å². The molecule has 0 fully saturated rings. The number of nitrogens with one attached hydrogen (secondary N) is 1. The fourth-order valence-corrected chi connectivity index (χ4v) is 3.76. The zero-order chi connectivity index (χ0) is 15.6. The van der Waals surface area contributed by atoms with Crippen molar-refractivity contribution in [1.82, 2.24) is 5.32 Å². The van der Waals surface area contributed by atoms with Crippen molar-refractivity contribution in [2.24, 2.45) is 0 Å². The van der Waals surface area contributed by atoms with E-state index < -0.39 is 0 Å². The summed E-state index contributed by atoms with van der Waals surface area (Å²) in [5, 5.41) is 3.84. The van der Waals surface area contributed by atoms with E-state index in [1.165, 1.54) is 6.07 Å². The van der Waals surface area contributed by atoms with Gasteiger partial charge < -0.3 is 5.32 Å². The maximum atomic E-state index is 13.6. The fraction of sp³-hybridized carbons (Fsp3) is 0.250. The minimum absolute atomic E-state index is 0.0933. The Morgan fingerprint density at radius 2 is 1.90 bits per heavy atom. The second-order valence-electron chi connectivity index (χ2n) is 4.78. The van der Waals surface area contributed by atoms with Crippen LogP contribution in [0.2, 0.25) is 5.02 Å². The smallest absolute Gasteiger partial charge is 0.127 e. The molecule has 0 aliphatic heterocycles. The van der Waals surface area contributed by atoms with Crippen LogP contribution in [0.1, 0.15) is 29.7 Å². The third kappa shape index (κ3) is 3.86. The molecule has 0 heterocycles. The molecule has 0 saturated heterocycles. The van der Waals surface area contributed by atoms with Gasteiger partial charge in [-0.15, -0.1) is 0 Å². The molecule has 1 N–H and O–H groups in total. The van der Waals surface area contributed by atoms with Gasteiger partial charge in [-0.25, -0.2) is 4.39 Å². The van der Waals surface area contributed by atoms with E-state index in [1.807, 2.05) is 25.1 Å². The van der Waals surface area contributed by atoms with Crippen LogP contribution in [0.5, 0.6) is 0 Å². The van der Waals surface area contributed by atoms with Crippen molar-refractivity contribution in [3.8, 4) is 0 Å². The van der Waals surface area contributed by atoms with Crippen LogP contribution in [0, 0.1) is 12.7 Å². The highest BCUT2D eigenvalue weighted by Gasteiger charge is 2.20. The monoisotopic (exact) mass is 433 g/mol. The molecule has 0 amide bonds. The summed E-state index contributed by atoms with van der Waals surface area (Å²) < 4.78 is 15.6. The highest BCUT2D eigenvalue weighted by molar-refractivity contribution is 9.11. The van der Waals surface area contributed by atoms with Crippen LogP contribution in [0.3, 0.4) is 0 Å². The molecule has 112 valence electrons. The molecule has 0 aromatic heterocycles. The number of rotatable bonds is 4. The predicted octanol–water partition coefficient (Wildman–Crippen LogP) is 6.01. The highest BCUT2D eigenvalue weighted by atomic mass is 79.9. The summed E-state index contributed by atoms with van der Waals surface area (Å²) in [6.45, 7) is 4.55. The summed E-state index contributed by atoms with van der Waals surface area (Å²) in [6.07, 6.45) is 0. The average molecular weight is 436 g/mol. The second-order valence-corrected chi connectivity index (χ2v) is 6.96. The lowest BCUT2D eigenvalue weighted by Gasteiger charge is -2.22. The van der Waals surface area contributed by atoms with Crippen molar-refractivity contribution in [3.05, 3.63) is 66.8 Å². The minimum Gasteiger partial charge on any atom is -0.306 e. The summed E-state index contributed by atoms with van der Waals surface area (Å²) in [4.78, 5) is 0. The number of hydrogen-bond donors (Lipinski definition) is 1. The van der Waals surface area contributed by atoms with Gasteiger partial charge in [-0.2, -0.15) is 0 Å². The Bertz CT molecular complexity index is 661. The van der Waals surface area contributed by atoms with Gasteiger partial charge in [0, 0.05) is 14.0 Å². The first-order valence-electron chi connectivity index (χ1n) is 6.58. The Hall–Kier alpha value is -0.420. The maximum absolute atomic E-state index is 13.6. The summed E-state index contributed by atoms with van der Waals surface area (Å²) in [6, 6.07) is 9.09. The SMILES string of the molecule is CCNC(c1cc(C)c(F)cc1Cl)c1ccc(Br)cc1Br. The molecule has 2 aromatic rings. The molecule has 0 aliphatic carbocycles. The highest BCUT2D eigenvalue weighted by Crippen LogP contribution is 2.35. The number of halogens is 4. The van der Waals surface area contributed by atoms with E-state index >= 15 is 0 Å². The van der Waals surface area contributed by atoms with E-state index in [4.69, 9.17) is 11.6 Å². The molecule has 5 heteroatoms. The van der Waals surface area contributed by atoms with Crippen LogP contribution in [-0.2, 0) is 0 Å². The lowest BCUT2D eigenvalue weighted by Crippen LogP contribution is -2.23. The Morgan fingerprint density at radius 3 is 2.52 bits per heavy atom. The first-order valence-corrected chi connectivity index (χ1v) is 8.54. The van der Waals surface area contributed by atoms with Crippen LogP contribution in [0.4, 0.5) is 4.39 Å². The van der Waals surface area contributed by atoms with Gasteiger partial charge in [0.2, 0.25) is 0 Å². The zero-order valence-corrected chi connectivity index (χ0v) is 15.6. The standard InChI is InChI=1S/C16H15Br2ClFN/c1-3-21-16(11-5-4-10(17)7-13(11)18)12-6-9(2)15(20)8-14(12)19/h4-8,16,21H,3H2,1-2H3. The Kier molecular flexibility index (Phi) is 5.83.